The van der Waals surface area contributed by atoms with Gasteiger partial charge < -0.3 is 9.84 Å². The fraction of sp³-hybridized carbons (Fsp3) is 1.00. The topological polar surface area (TPSA) is 41.5 Å². The number of aliphatic hydroxyl groups is 1. The van der Waals surface area contributed by atoms with Crippen LogP contribution in [0.15, 0.2) is 0 Å². The highest BCUT2D eigenvalue weighted by atomic mass is 16.5. The van der Waals surface area contributed by atoms with Crippen molar-refractivity contribution in [2.75, 3.05) is 13.7 Å². The predicted molar refractivity (Wildman–Crippen MR) is 52.4 cm³/mol. The number of aliphatic hydroxyl groups excluding tert-OH is 1. The molecule has 0 aromatic carbocycles. The minimum Gasteiger partial charge on any atom is -0.376 e. The van der Waals surface area contributed by atoms with Crippen molar-refractivity contribution < 1.29 is 9.84 Å². The Morgan fingerprint density at radius 2 is 2.00 bits per heavy atom. The first kappa shape index (κ1) is 11.0. The molecular weight excluding hydrogens is 166 g/mol. The molecule has 1 fully saturated rings. The first-order valence-electron chi connectivity index (χ1n) is 5.19. The number of hydrogen-bond donors (Lipinski definition) is 2. The fourth-order valence-corrected chi connectivity index (χ4v) is 1.71. The zero-order valence-corrected chi connectivity index (χ0v) is 8.62. The van der Waals surface area contributed by atoms with Crippen molar-refractivity contribution >= 4 is 0 Å². The van der Waals surface area contributed by atoms with E-state index in [1.54, 1.807) is 7.05 Å². The lowest BCUT2D eigenvalue weighted by Gasteiger charge is -2.26. The molecule has 0 bridgehead atoms. The van der Waals surface area contributed by atoms with E-state index in [0.29, 0.717) is 12.7 Å². The molecule has 0 aliphatic heterocycles. The third-order valence-corrected chi connectivity index (χ3v) is 2.79. The van der Waals surface area contributed by atoms with Crippen molar-refractivity contribution in [3.8, 4) is 0 Å². The number of hydrogen-bond acceptors (Lipinski definition) is 3. The summed E-state index contributed by atoms with van der Waals surface area (Å²) < 4.78 is 5.57. The molecule has 0 heterocycles. The van der Waals surface area contributed by atoms with Crippen molar-refractivity contribution in [1.29, 1.82) is 0 Å². The van der Waals surface area contributed by atoms with Gasteiger partial charge in [-0.3, -0.25) is 5.32 Å². The molecule has 0 amide bonds. The zero-order chi connectivity index (χ0) is 9.68. The van der Waals surface area contributed by atoms with Gasteiger partial charge in [-0.05, 0) is 38.6 Å². The molecule has 0 radical (unpaired) electrons. The van der Waals surface area contributed by atoms with Crippen LogP contribution in [0.25, 0.3) is 0 Å². The summed E-state index contributed by atoms with van der Waals surface area (Å²) in [6, 6.07) is 0. The molecular formula is C10H21NO2. The lowest BCUT2D eigenvalue weighted by Crippen LogP contribution is -2.32. The van der Waals surface area contributed by atoms with Gasteiger partial charge in [0.25, 0.3) is 0 Å². The van der Waals surface area contributed by atoms with Crippen molar-refractivity contribution in [3.05, 3.63) is 0 Å². The molecule has 1 aliphatic carbocycles. The number of rotatable bonds is 4. The quantitative estimate of drug-likeness (QED) is 0.648. The smallest absolute Gasteiger partial charge is 0.128 e. The Hall–Kier alpha value is -0.120. The molecule has 3 heteroatoms. The van der Waals surface area contributed by atoms with E-state index in [4.69, 9.17) is 4.74 Å². The Balaban J connectivity index is 2.08. The Labute approximate surface area is 80.5 Å². The maximum Gasteiger partial charge on any atom is 0.128 e. The third-order valence-electron chi connectivity index (χ3n) is 2.79. The highest BCUT2D eigenvalue weighted by Crippen LogP contribution is 2.25. The summed E-state index contributed by atoms with van der Waals surface area (Å²) in [7, 11) is 1.73. The summed E-state index contributed by atoms with van der Waals surface area (Å²) in [4.78, 5) is 0. The van der Waals surface area contributed by atoms with E-state index >= 15 is 0 Å². The van der Waals surface area contributed by atoms with E-state index in [1.165, 1.54) is 12.8 Å². The molecule has 78 valence electrons. The van der Waals surface area contributed by atoms with E-state index in [0.717, 1.165) is 18.8 Å². The van der Waals surface area contributed by atoms with E-state index in [-0.39, 0.29) is 0 Å². The second-order valence-corrected chi connectivity index (χ2v) is 4.02. The maximum atomic E-state index is 9.20. The average molecular weight is 187 g/mol. The van der Waals surface area contributed by atoms with Gasteiger partial charge in [-0.1, -0.05) is 6.92 Å². The van der Waals surface area contributed by atoms with Crippen LogP contribution in [0.2, 0.25) is 0 Å². The average Bonchev–Trinajstić information content (AvgIpc) is 2.16. The molecule has 1 unspecified atom stereocenters. The van der Waals surface area contributed by atoms with Gasteiger partial charge in [0.1, 0.15) is 6.23 Å². The highest BCUT2D eigenvalue weighted by Gasteiger charge is 2.18. The third kappa shape index (κ3) is 4.07. The molecule has 0 saturated heterocycles. The van der Waals surface area contributed by atoms with E-state index in [2.05, 4.69) is 12.2 Å². The van der Waals surface area contributed by atoms with Gasteiger partial charge in [-0.25, -0.2) is 0 Å². The number of ether oxygens (including phenoxy) is 1. The van der Waals surface area contributed by atoms with Crippen LogP contribution in [0.1, 0.15) is 32.6 Å². The molecule has 1 rings (SSSR count). The van der Waals surface area contributed by atoms with Crippen molar-refractivity contribution in [2.45, 2.75) is 44.9 Å². The van der Waals surface area contributed by atoms with Crippen LogP contribution in [0.3, 0.4) is 0 Å². The molecule has 3 nitrogen and oxygen atoms in total. The largest absolute Gasteiger partial charge is 0.376 e. The second kappa shape index (κ2) is 5.58. The minimum absolute atomic E-state index is 0.374. The molecule has 1 aliphatic rings. The van der Waals surface area contributed by atoms with Crippen LogP contribution in [0, 0.1) is 5.92 Å². The van der Waals surface area contributed by atoms with Crippen LogP contribution in [0.5, 0.6) is 0 Å². The molecule has 0 aromatic rings. The summed E-state index contributed by atoms with van der Waals surface area (Å²) in [5, 5.41) is 11.9. The molecule has 0 spiro atoms. The Morgan fingerprint density at radius 3 is 2.54 bits per heavy atom. The van der Waals surface area contributed by atoms with Gasteiger partial charge >= 0.3 is 0 Å². The van der Waals surface area contributed by atoms with Crippen LogP contribution >= 0.6 is 0 Å². The standard InChI is InChI=1S/C10H21NO2/c1-8-3-5-9(6-4-8)13-7-10(12)11-2/h8-12H,3-7H2,1-2H3. The lowest BCUT2D eigenvalue weighted by atomic mass is 9.89. The monoisotopic (exact) mass is 187 g/mol. The van der Waals surface area contributed by atoms with Gasteiger partial charge in [0, 0.05) is 0 Å². The van der Waals surface area contributed by atoms with Crippen molar-refractivity contribution in [1.82, 2.24) is 5.32 Å². The SMILES string of the molecule is CNC(O)COC1CCC(C)CC1. The van der Waals surface area contributed by atoms with E-state index in [1.807, 2.05) is 0 Å². The van der Waals surface area contributed by atoms with Crippen LogP contribution in [-0.4, -0.2) is 31.1 Å². The molecule has 1 saturated carbocycles. The zero-order valence-electron chi connectivity index (χ0n) is 8.62. The fourth-order valence-electron chi connectivity index (χ4n) is 1.71. The summed E-state index contributed by atoms with van der Waals surface area (Å²) in [6.45, 7) is 2.70. The number of likely N-dealkylation sites (N-methyl/N-ethyl adjacent to an activating group) is 1. The first-order valence-corrected chi connectivity index (χ1v) is 5.19. The van der Waals surface area contributed by atoms with Crippen LogP contribution in [0.4, 0.5) is 0 Å². The Kier molecular flexibility index (Phi) is 4.70. The van der Waals surface area contributed by atoms with Crippen LogP contribution in [-0.2, 0) is 4.74 Å². The molecule has 0 aromatic heterocycles. The first-order chi connectivity index (χ1) is 6.22. The minimum atomic E-state index is -0.514. The van der Waals surface area contributed by atoms with Crippen molar-refractivity contribution in [3.63, 3.8) is 0 Å². The van der Waals surface area contributed by atoms with E-state index < -0.39 is 6.23 Å². The Morgan fingerprint density at radius 1 is 1.38 bits per heavy atom. The summed E-state index contributed by atoms with van der Waals surface area (Å²) in [5.74, 6) is 0.856. The second-order valence-electron chi connectivity index (χ2n) is 4.02. The predicted octanol–water partition coefficient (Wildman–Crippen LogP) is 1.12. The summed E-state index contributed by atoms with van der Waals surface area (Å²) in [6.07, 6.45) is 4.69. The Bertz CT molecular complexity index is 133. The lowest BCUT2D eigenvalue weighted by molar-refractivity contribution is -0.0361. The van der Waals surface area contributed by atoms with Gasteiger partial charge in [0.15, 0.2) is 0 Å². The van der Waals surface area contributed by atoms with Gasteiger partial charge in [0.2, 0.25) is 0 Å². The summed E-state index contributed by atoms with van der Waals surface area (Å²) >= 11 is 0. The van der Waals surface area contributed by atoms with E-state index in [9.17, 15) is 5.11 Å². The molecule has 2 N–H and O–H groups in total. The normalized spacial score (nSPS) is 31.6. The van der Waals surface area contributed by atoms with Gasteiger partial charge in [-0.15, -0.1) is 0 Å². The summed E-state index contributed by atoms with van der Waals surface area (Å²) in [5.41, 5.74) is 0. The maximum absolute atomic E-state index is 9.20. The van der Waals surface area contributed by atoms with Crippen LogP contribution < -0.4 is 5.32 Å². The van der Waals surface area contributed by atoms with Crippen molar-refractivity contribution in [2.24, 2.45) is 5.92 Å². The highest BCUT2D eigenvalue weighted by molar-refractivity contribution is 4.70. The molecule has 13 heavy (non-hydrogen) atoms. The van der Waals surface area contributed by atoms with Gasteiger partial charge in [0.05, 0.1) is 12.7 Å². The number of nitrogens with one attached hydrogen (secondary N) is 1. The van der Waals surface area contributed by atoms with Gasteiger partial charge in [-0.2, -0.15) is 0 Å². The molecule has 1 atom stereocenters.